The van der Waals surface area contributed by atoms with Gasteiger partial charge >= 0.3 is 0 Å². The Morgan fingerprint density at radius 2 is 1.96 bits per heavy atom. The zero-order valence-corrected chi connectivity index (χ0v) is 14.0. The van der Waals surface area contributed by atoms with Crippen molar-refractivity contribution >= 4 is 11.8 Å². The van der Waals surface area contributed by atoms with Crippen molar-refractivity contribution in [3.63, 3.8) is 0 Å². The molecule has 0 atom stereocenters. The average molecular weight is 318 g/mol. The van der Waals surface area contributed by atoms with Crippen LogP contribution in [0.5, 0.6) is 5.75 Å². The lowest BCUT2D eigenvalue weighted by Gasteiger charge is -2.32. The molecule has 1 N–H and O–H groups in total. The smallest absolute Gasteiger partial charge is 0.241 e. The van der Waals surface area contributed by atoms with E-state index in [9.17, 15) is 9.59 Å². The van der Waals surface area contributed by atoms with Crippen molar-refractivity contribution in [1.29, 1.82) is 0 Å². The number of methoxy groups -OCH3 is 1. The van der Waals surface area contributed by atoms with Gasteiger partial charge in [-0.3, -0.25) is 9.59 Å². The molecule has 0 unspecified atom stereocenters. The van der Waals surface area contributed by atoms with Gasteiger partial charge in [-0.15, -0.1) is 0 Å². The zero-order valence-electron chi connectivity index (χ0n) is 14.0. The average Bonchev–Trinajstić information content (AvgIpc) is 2.60. The molecule has 0 spiro atoms. The third-order valence-electron chi connectivity index (χ3n) is 4.43. The van der Waals surface area contributed by atoms with E-state index >= 15 is 0 Å². The molecule has 5 nitrogen and oxygen atoms in total. The number of piperidine rings is 1. The van der Waals surface area contributed by atoms with Gasteiger partial charge in [-0.1, -0.05) is 25.1 Å². The maximum Gasteiger partial charge on any atom is 0.241 e. The van der Waals surface area contributed by atoms with Crippen molar-refractivity contribution in [1.82, 2.24) is 10.2 Å². The summed E-state index contributed by atoms with van der Waals surface area (Å²) in [6, 6.07) is 8.11. The second-order valence-electron chi connectivity index (χ2n) is 5.97. The van der Waals surface area contributed by atoms with Crippen LogP contribution in [0.4, 0.5) is 0 Å². The van der Waals surface area contributed by atoms with Crippen LogP contribution in [0, 0.1) is 5.92 Å². The fraction of sp³-hybridized carbons (Fsp3) is 0.556. The summed E-state index contributed by atoms with van der Waals surface area (Å²) in [5.41, 5.74) is 1.23. The Morgan fingerprint density at radius 3 is 2.61 bits per heavy atom. The zero-order chi connectivity index (χ0) is 16.7. The molecular weight excluding hydrogens is 292 g/mol. The first kappa shape index (κ1) is 17.3. The summed E-state index contributed by atoms with van der Waals surface area (Å²) < 4.78 is 5.41. The second-order valence-corrected chi connectivity index (χ2v) is 5.97. The van der Waals surface area contributed by atoms with Crippen LogP contribution in [-0.4, -0.2) is 43.5 Å². The van der Waals surface area contributed by atoms with Crippen LogP contribution < -0.4 is 10.1 Å². The van der Waals surface area contributed by atoms with E-state index in [2.05, 4.69) is 11.4 Å². The molecule has 1 fully saturated rings. The van der Waals surface area contributed by atoms with Gasteiger partial charge in [-0.05, 0) is 36.8 Å². The lowest BCUT2D eigenvalue weighted by atomic mass is 9.90. The van der Waals surface area contributed by atoms with E-state index in [-0.39, 0.29) is 18.4 Å². The normalized spacial score (nSPS) is 15.3. The largest absolute Gasteiger partial charge is 0.496 e. The molecule has 5 heteroatoms. The summed E-state index contributed by atoms with van der Waals surface area (Å²) >= 11 is 0. The Hall–Kier alpha value is -2.04. The Labute approximate surface area is 138 Å². The van der Waals surface area contributed by atoms with Crippen molar-refractivity contribution < 1.29 is 14.3 Å². The van der Waals surface area contributed by atoms with Gasteiger partial charge in [0.1, 0.15) is 5.75 Å². The maximum atomic E-state index is 12.1. The molecule has 1 aliphatic rings. The first-order valence-electron chi connectivity index (χ1n) is 8.30. The van der Waals surface area contributed by atoms with Crippen LogP contribution in [0.15, 0.2) is 24.3 Å². The van der Waals surface area contributed by atoms with Gasteiger partial charge in [0.15, 0.2) is 0 Å². The molecule has 0 aliphatic carbocycles. The fourth-order valence-electron chi connectivity index (χ4n) is 2.98. The maximum absolute atomic E-state index is 12.1. The molecule has 0 bridgehead atoms. The van der Waals surface area contributed by atoms with Gasteiger partial charge in [0.05, 0.1) is 13.7 Å². The van der Waals surface area contributed by atoms with E-state index in [1.807, 2.05) is 23.1 Å². The van der Waals surface area contributed by atoms with E-state index in [1.165, 1.54) is 5.56 Å². The number of rotatable bonds is 6. The Morgan fingerprint density at radius 1 is 1.26 bits per heavy atom. The molecule has 2 rings (SSSR count). The number of benzene rings is 1. The molecule has 1 heterocycles. The highest BCUT2D eigenvalue weighted by Crippen LogP contribution is 2.26. The van der Waals surface area contributed by atoms with E-state index in [0.717, 1.165) is 38.1 Å². The van der Waals surface area contributed by atoms with Crippen LogP contribution in [0.25, 0.3) is 0 Å². The van der Waals surface area contributed by atoms with Gasteiger partial charge in [0.2, 0.25) is 11.8 Å². The van der Waals surface area contributed by atoms with Crippen LogP contribution in [-0.2, 0) is 16.0 Å². The van der Waals surface area contributed by atoms with Crippen LogP contribution in [0.1, 0.15) is 31.7 Å². The summed E-state index contributed by atoms with van der Waals surface area (Å²) in [6.07, 6.45) is 3.38. The van der Waals surface area contributed by atoms with Gasteiger partial charge in [0.25, 0.3) is 0 Å². The molecule has 0 radical (unpaired) electrons. The molecule has 0 saturated carbocycles. The highest BCUT2D eigenvalue weighted by atomic mass is 16.5. The van der Waals surface area contributed by atoms with E-state index in [4.69, 9.17) is 4.74 Å². The van der Waals surface area contributed by atoms with Gasteiger partial charge in [0, 0.05) is 19.5 Å². The number of carbonyl (C=O) groups excluding carboxylic acids is 2. The monoisotopic (exact) mass is 318 g/mol. The summed E-state index contributed by atoms with van der Waals surface area (Å²) in [5.74, 6) is 1.45. The quantitative estimate of drug-likeness (QED) is 0.873. The number of nitrogens with zero attached hydrogens (tertiary/aromatic N) is 1. The highest BCUT2D eigenvalue weighted by molar-refractivity contribution is 5.84. The Bertz CT molecular complexity index is 537. The SMILES string of the molecule is CCC(=O)NCC(=O)N1CCC(Cc2ccccc2OC)CC1. The molecule has 1 saturated heterocycles. The van der Waals surface area contributed by atoms with Gasteiger partial charge < -0.3 is 15.0 Å². The number of hydrogen-bond donors (Lipinski definition) is 1. The van der Waals surface area contributed by atoms with Crippen molar-refractivity contribution in [2.45, 2.75) is 32.6 Å². The summed E-state index contributed by atoms with van der Waals surface area (Å²) in [5, 5.41) is 2.65. The topological polar surface area (TPSA) is 58.6 Å². The number of nitrogens with one attached hydrogen (secondary N) is 1. The van der Waals surface area contributed by atoms with Crippen LogP contribution >= 0.6 is 0 Å². The predicted molar refractivity (Wildman–Crippen MR) is 89.3 cm³/mol. The third-order valence-corrected chi connectivity index (χ3v) is 4.43. The Balaban J connectivity index is 1.79. The molecule has 1 aromatic rings. The van der Waals surface area contributed by atoms with Crippen LogP contribution in [0.3, 0.4) is 0 Å². The van der Waals surface area contributed by atoms with Crippen LogP contribution in [0.2, 0.25) is 0 Å². The number of likely N-dealkylation sites (tertiary alicyclic amines) is 1. The highest BCUT2D eigenvalue weighted by Gasteiger charge is 2.23. The molecule has 2 amide bonds. The second kappa shape index (κ2) is 8.56. The minimum absolute atomic E-state index is 0.0162. The van der Waals surface area contributed by atoms with E-state index < -0.39 is 0 Å². The molecule has 126 valence electrons. The molecule has 0 aromatic heterocycles. The Kier molecular flexibility index (Phi) is 6.44. The number of ether oxygens (including phenoxy) is 1. The van der Waals surface area contributed by atoms with Gasteiger partial charge in [-0.2, -0.15) is 0 Å². The van der Waals surface area contributed by atoms with Crippen molar-refractivity contribution in [2.24, 2.45) is 5.92 Å². The number of para-hydroxylation sites is 1. The fourth-order valence-corrected chi connectivity index (χ4v) is 2.98. The van der Waals surface area contributed by atoms with Crippen molar-refractivity contribution in [3.8, 4) is 5.75 Å². The first-order valence-corrected chi connectivity index (χ1v) is 8.30. The molecule has 1 aromatic carbocycles. The number of hydrogen-bond acceptors (Lipinski definition) is 3. The molecule has 1 aliphatic heterocycles. The standard InChI is InChI=1S/C18H26N2O3/c1-3-17(21)19-13-18(22)20-10-8-14(9-11-20)12-15-6-4-5-7-16(15)23-2/h4-7,14H,3,8-13H2,1-2H3,(H,19,21). The minimum atomic E-state index is -0.0793. The first-order chi connectivity index (χ1) is 11.1. The lowest BCUT2D eigenvalue weighted by molar-refractivity contribution is -0.134. The number of carbonyl (C=O) groups is 2. The van der Waals surface area contributed by atoms with Crippen molar-refractivity contribution in [3.05, 3.63) is 29.8 Å². The number of amides is 2. The van der Waals surface area contributed by atoms with E-state index in [1.54, 1.807) is 14.0 Å². The van der Waals surface area contributed by atoms with Crippen molar-refractivity contribution in [2.75, 3.05) is 26.7 Å². The lowest BCUT2D eigenvalue weighted by Crippen LogP contribution is -2.44. The van der Waals surface area contributed by atoms with E-state index in [0.29, 0.717) is 12.3 Å². The molecular formula is C18H26N2O3. The summed E-state index contributed by atoms with van der Waals surface area (Å²) in [7, 11) is 1.70. The summed E-state index contributed by atoms with van der Waals surface area (Å²) in [4.78, 5) is 25.2. The third kappa shape index (κ3) is 4.98. The van der Waals surface area contributed by atoms with Gasteiger partial charge in [-0.25, -0.2) is 0 Å². The molecule has 23 heavy (non-hydrogen) atoms. The summed E-state index contributed by atoms with van der Waals surface area (Å²) in [6.45, 7) is 3.42. The predicted octanol–water partition coefficient (Wildman–Crippen LogP) is 2.00. The minimum Gasteiger partial charge on any atom is -0.496 e.